The Morgan fingerprint density at radius 1 is 1.26 bits per heavy atom. The molecule has 1 aromatic rings. The van der Waals surface area contributed by atoms with Gasteiger partial charge in [-0.05, 0) is 12.1 Å². The van der Waals surface area contributed by atoms with E-state index in [1.54, 1.807) is 0 Å². The number of hydrogen-bond donors (Lipinski definition) is 2. The number of primary amides is 1. The second-order valence-corrected chi connectivity index (χ2v) is 3.60. The number of benzene rings is 1. The average molecular weight is 278 g/mol. The zero-order valence-corrected chi connectivity index (χ0v) is 9.87. The lowest BCUT2D eigenvalue weighted by atomic mass is 10.1. The number of carbonyl (C=O) groups is 1. The molecule has 0 aliphatic carbocycles. The fourth-order valence-electron chi connectivity index (χ4n) is 1.30. The summed E-state index contributed by atoms with van der Waals surface area (Å²) < 4.78 is 44.9. The fourth-order valence-corrected chi connectivity index (χ4v) is 1.30. The number of hydrogen-bond acceptors (Lipinski definition) is 4. The monoisotopic (exact) mass is 278 g/mol. The first-order valence-corrected chi connectivity index (χ1v) is 5.27. The van der Waals surface area contributed by atoms with Crippen molar-refractivity contribution in [3.8, 4) is 5.75 Å². The number of nitrogens with two attached hydrogens (primary N) is 2. The van der Waals surface area contributed by atoms with Gasteiger partial charge in [0.05, 0.1) is 17.9 Å². The van der Waals surface area contributed by atoms with Gasteiger partial charge in [0.25, 0.3) is 5.91 Å². The molecule has 0 bridgehead atoms. The lowest BCUT2D eigenvalue weighted by Crippen LogP contribution is -2.20. The first kappa shape index (κ1) is 15.1. The van der Waals surface area contributed by atoms with E-state index in [0.29, 0.717) is 0 Å². The van der Waals surface area contributed by atoms with E-state index < -0.39 is 18.7 Å². The third-order valence-corrected chi connectivity index (χ3v) is 2.05. The Labute approximate surface area is 107 Å². The van der Waals surface area contributed by atoms with Crippen LogP contribution in [0.1, 0.15) is 10.4 Å². The predicted molar refractivity (Wildman–Crippen MR) is 61.7 cm³/mol. The van der Waals surface area contributed by atoms with Crippen molar-refractivity contribution in [1.29, 1.82) is 0 Å². The smallest absolute Gasteiger partial charge is 0.411 e. The number of para-hydroxylation sites is 1. The lowest BCUT2D eigenvalue weighted by molar-refractivity contribution is -0.175. The Morgan fingerprint density at radius 2 is 1.95 bits per heavy atom. The molecule has 0 radical (unpaired) electrons. The maximum Gasteiger partial charge on any atom is 0.411 e. The van der Waals surface area contributed by atoms with Gasteiger partial charge in [0.1, 0.15) is 13.2 Å². The van der Waals surface area contributed by atoms with E-state index in [4.69, 9.17) is 16.2 Å². The van der Waals surface area contributed by atoms with Gasteiger partial charge in [-0.25, -0.2) is 0 Å². The number of nitrogen functional groups attached to an aromatic ring is 1. The van der Waals surface area contributed by atoms with Crippen molar-refractivity contribution in [2.24, 2.45) is 5.73 Å². The second-order valence-electron chi connectivity index (χ2n) is 3.60. The molecule has 0 aliphatic rings. The number of halogens is 3. The molecule has 0 aliphatic heterocycles. The van der Waals surface area contributed by atoms with Gasteiger partial charge in [0.2, 0.25) is 0 Å². The van der Waals surface area contributed by atoms with E-state index >= 15 is 0 Å². The van der Waals surface area contributed by atoms with Gasteiger partial charge in [0.15, 0.2) is 5.75 Å². The molecule has 0 atom stereocenters. The van der Waals surface area contributed by atoms with E-state index in [2.05, 4.69) is 4.74 Å². The number of anilines is 1. The number of carbonyl (C=O) groups excluding carboxylic acids is 1. The standard InChI is InChI=1S/C11H13F3N2O3/c12-11(13,14)6-18-4-5-19-9-7(10(16)17)2-1-3-8(9)15/h1-3H,4-6,15H2,(H2,16,17). The largest absolute Gasteiger partial charge is 0.488 e. The first-order chi connectivity index (χ1) is 8.81. The quantitative estimate of drug-likeness (QED) is 0.607. The average Bonchev–Trinajstić information content (AvgIpc) is 2.28. The molecule has 0 saturated heterocycles. The summed E-state index contributed by atoms with van der Waals surface area (Å²) in [5, 5.41) is 0. The predicted octanol–water partition coefficient (Wildman–Crippen LogP) is 1.33. The minimum atomic E-state index is -4.38. The Balaban J connectivity index is 2.52. The van der Waals surface area contributed by atoms with E-state index in [9.17, 15) is 18.0 Å². The van der Waals surface area contributed by atoms with Crippen molar-refractivity contribution < 1.29 is 27.4 Å². The molecular formula is C11H13F3N2O3. The summed E-state index contributed by atoms with van der Waals surface area (Å²) >= 11 is 0. The molecule has 0 aromatic heterocycles. The highest BCUT2D eigenvalue weighted by atomic mass is 19.4. The Hall–Kier alpha value is -1.96. The zero-order valence-electron chi connectivity index (χ0n) is 9.87. The van der Waals surface area contributed by atoms with Crippen LogP contribution in [0.5, 0.6) is 5.75 Å². The summed E-state index contributed by atoms with van der Waals surface area (Å²) in [6.45, 7) is -1.82. The van der Waals surface area contributed by atoms with Crippen molar-refractivity contribution in [3.63, 3.8) is 0 Å². The summed E-state index contributed by atoms with van der Waals surface area (Å²) in [7, 11) is 0. The summed E-state index contributed by atoms with van der Waals surface area (Å²) in [5.74, 6) is -0.691. The van der Waals surface area contributed by atoms with Gasteiger partial charge < -0.3 is 20.9 Å². The summed E-state index contributed by atoms with van der Waals surface area (Å²) in [6.07, 6.45) is -4.38. The summed E-state index contributed by atoms with van der Waals surface area (Å²) in [6, 6.07) is 4.41. The maximum absolute atomic E-state index is 11.8. The second kappa shape index (κ2) is 6.28. The number of ether oxygens (including phenoxy) is 2. The molecule has 1 rings (SSSR count). The van der Waals surface area contributed by atoms with Gasteiger partial charge in [-0.2, -0.15) is 13.2 Å². The molecule has 0 saturated carbocycles. The minimum Gasteiger partial charge on any atom is -0.488 e. The van der Waals surface area contributed by atoms with E-state index in [1.807, 2.05) is 0 Å². The number of amides is 1. The SMILES string of the molecule is NC(=O)c1cccc(N)c1OCCOCC(F)(F)F. The van der Waals surface area contributed by atoms with Gasteiger partial charge in [-0.3, -0.25) is 4.79 Å². The van der Waals surface area contributed by atoms with Crippen molar-refractivity contribution in [2.75, 3.05) is 25.6 Å². The van der Waals surface area contributed by atoms with Gasteiger partial charge in [-0.15, -0.1) is 0 Å². The molecule has 5 nitrogen and oxygen atoms in total. The van der Waals surface area contributed by atoms with Crippen molar-refractivity contribution in [2.45, 2.75) is 6.18 Å². The molecule has 19 heavy (non-hydrogen) atoms. The van der Waals surface area contributed by atoms with Crippen LogP contribution >= 0.6 is 0 Å². The molecule has 0 spiro atoms. The van der Waals surface area contributed by atoms with E-state index in [0.717, 1.165) is 0 Å². The molecule has 1 aromatic carbocycles. The number of alkyl halides is 3. The Kier molecular flexibility index (Phi) is 4.99. The van der Waals surface area contributed by atoms with Crippen LogP contribution in [-0.4, -0.2) is 31.9 Å². The van der Waals surface area contributed by atoms with Crippen LogP contribution in [0.25, 0.3) is 0 Å². The fraction of sp³-hybridized carbons (Fsp3) is 0.364. The van der Waals surface area contributed by atoms with Crippen LogP contribution in [0, 0.1) is 0 Å². The molecule has 0 heterocycles. The van der Waals surface area contributed by atoms with Gasteiger partial charge in [0, 0.05) is 0 Å². The number of rotatable bonds is 6. The highest BCUT2D eigenvalue weighted by Gasteiger charge is 2.27. The topological polar surface area (TPSA) is 87.6 Å². The molecular weight excluding hydrogens is 265 g/mol. The molecule has 106 valence electrons. The normalized spacial score (nSPS) is 11.3. The molecule has 0 unspecified atom stereocenters. The third kappa shape index (κ3) is 5.04. The van der Waals surface area contributed by atoms with Crippen molar-refractivity contribution in [3.05, 3.63) is 23.8 Å². The Bertz CT molecular complexity index is 449. The van der Waals surface area contributed by atoms with Crippen molar-refractivity contribution >= 4 is 11.6 Å². The third-order valence-electron chi connectivity index (χ3n) is 2.05. The molecule has 0 fully saturated rings. The highest BCUT2D eigenvalue weighted by Crippen LogP contribution is 2.25. The van der Waals surface area contributed by atoms with Gasteiger partial charge in [-0.1, -0.05) is 6.07 Å². The van der Waals surface area contributed by atoms with Crippen LogP contribution < -0.4 is 16.2 Å². The summed E-state index contributed by atoms with van der Waals surface area (Å²) in [5.41, 5.74) is 10.9. The van der Waals surface area contributed by atoms with Crippen LogP contribution in [0.3, 0.4) is 0 Å². The minimum absolute atomic E-state index is 0.0469. The van der Waals surface area contributed by atoms with E-state index in [-0.39, 0.29) is 30.2 Å². The molecule has 1 amide bonds. The van der Waals surface area contributed by atoms with Crippen LogP contribution in [0.4, 0.5) is 18.9 Å². The van der Waals surface area contributed by atoms with Crippen LogP contribution in [-0.2, 0) is 4.74 Å². The molecule has 8 heteroatoms. The first-order valence-electron chi connectivity index (χ1n) is 5.27. The van der Waals surface area contributed by atoms with E-state index in [1.165, 1.54) is 18.2 Å². The van der Waals surface area contributed by atoms with Crippen molar-refractivity contribution in [1.82, 2.24) is 0 Å². The maximum atomic E-state index is 11.8. The van der Waals surface area contributed by atoms with Crippen LogP contribution in [0.15, 0.2) is 18.2 Å². The lowest BCUT2D eigenvalue weighted by Gasteiger charge is -2.12. The highest BCUT2D eigenvalue weighted by molar-refractivity contribution is 5.97. The molecule has 4 N–H and O–H groups in total. The Morgan fingerprint density at radius 3 is 2.53 bits per heavy atom. The van der Waals surface area contributed by atoms with Gasteiger partial charge >= 0.3 is 6.18 Å². The summed E-state index contributed by atoms with van der Waals surface area (Å²) in [4.78, 5) is 11.1. The van der Waals surface area contributed by atoms with Crippen LogP contribution in [0.2, 0.25) is 0 Å². The zero-order chi connectivity index (χ0) is 14.5.